The quantitative estimate of drug-likeness (QED) is 0.844. The molecule has 2 rings (SSSR count). The van der Waals surface area contributed by atoms with Crippen molar-refractivity contribution in [3.63, 3.8) is 0 Å². The molecule has 0 bridgehead atoms. The summed E-state index contributed by atoms with van der Waals surface area (Å²) in [5.74, 6) is 0.662. The normalized spacial score (nSPS) is 12.0. The van der Waals surface area contributed by atoms with E-state index in [0.717, 1.165) is 15.7 Å². The number of rotatable bonds is 5. The van der Waals surface area contributed by atoms with Gasteiger partial charge < -0.3 is 15.8 Å². The predicted octanol–water partition coefficient (Wildman–Crippen LogP) is 4.22. The fraction of sp³-hybridized carbons (Fsp3) is 0.200. The van der Waals surface area contributed by atoms with Crippen molar-refractivity contribution in [3.8, 4) is 5.75 Å². The Kier molecular flexibility index (Phi) is 5.29. The number of benzene rings is 2. The lowest BCUT2D eigenvalue weighted by molar-refractivity contribution is 0.415. The number of nitrogens with two attached hydrogens (primary N) is 1. The zero-order valence-electron chi connectivity index (χ0n) is 11.1. The molecule has 0 aliphatic heterocycles. The summed E-state index contributed by atoms with van der Waals surface area (Å²) < 4.78 is 6.20. The number of hydrogen-bond donors (Lipinski definition) is 2. The van der Waals surface area contributed by atoms with Crippen LogP contribution in [0.5, 0.6) is 5.75 Å². The van der Waals surface area contributed by atoms with E-state index in [1.54, 1.807) is 7.11 Å². The molecule has 0 amide bonds. The van der Waals surface area contributed by atoms with E-state index in [1.165, 1.54) is 0 Å². The molecular formula is C15H16BrClN2O. The van der Waals surface area contributed by atoms with Crippen LogP contribution < -0.4 is 15.8 Å². The summed E-state index contributed by atoms with van der Waals surface area (Å²) >= 11 is 9.57. The summed E-state index contributed by atoms with van der Waals surface area (Å²) in [6.45, 7) is 0.471. The predicted molar refractivity (Wildman–Crippen MR) is 87.6 cm³/mol. The summed E-state index contributed by atoms with van der Waals surface area (Å²) in [5, 5.41) is 3.98. The zero-order valence-corrected chi connectivity index (χ0v) is 13.4. The van der Waals surface area contributed by atoms with E-state index >= 15 is 0 Å². The molecule has 2 aromatic carbocycles. The van der Waals surface area contributed by atoms with Gasteiger partial charge in [0.25, 0.3) is 0 Å². The molecule has 0 aliphatic carbocycles. The third-order valence-corrected chi connectivity index (χ3v) is 3.82. The number of methoxy groups -OCH3 is 1. The molecule has 0 radical (unpaired) electrons. The average Bonchev–Trinajstić information content (AvgIpc) is 2.46. The standard InChI is InChI=1S/C15H16BrClN2O/c1-20-15-7-2-10(8-13(15)17)14(9-18)19-12-5-3-11(16)4-6-12/h2-8,14,19H,9,18H2,1H3. The number of nitrogens with one attached hydrogen (secondary N) is 1. The number of halogens is 2. The van der Waals surface area contributed by atoms with Gasteiger partial charge >= 0.3 is 0 Å². The van der Waals surface area contributed by atoms with Gasteiger partial charge in [-0.15, -0.1) is 0 Å². The molecule has 0 aromatic heterocycles. The van der Waals surface area contributed by atoms with Gasteiger partial charge in [-0.25, -0.2) is 0 Å². The second-order valence-corrected chi connectivity index (χ2v) is 5.66. The lowest BCUT2D eigenvalue weighted by Gasteiger charge is -2.19. The molecule has 0 heterocycles. The first kappa shape index (κ1) is 15.2. The molecule has 0 fully saturated rings. The third kappa shape index (κ3) is 3.66. The van der Waals surface area contributed by atoms with Gasteiger partial charge in [-0.1, -0.05) is 33.6 Å². The van der Waals surface area contributed by atoms with Crippen LogP contribution in [0, 0.1) is 0 Å². The molecule has 106 valence electrons. The Morgan fingerprint density at radius 1 is 1.25 bits per heavy atom. The molecule has 0 spiro atoms. The first-order chi connectivity index (χ1) is 9.63. The maximum Gasteiger partial charge on any atom is 0.137 e. The van der Waals surface area contributed by atoms with Gasteiger partial charge in [-0.3, -0.25) is 0 Å². The number of hydrogen-bond acceptors (Lipinski definition) is 3. The molecule has 1 unspecified atom stereocenters. The molecule has 0 saturated carbocycles. The van der Waals surface area contributed by atoms with Gasteiger partial charge in [-0.05, 0) is 42.0 Å². The van der Waals surface area contributed by atoms with E-state index in [9.17, 15) is 0 Å². The molecule has 2 aromatic rings. The monoisotopic (exact) mass is 354 g/mol. The Hall–Kier alpha value is -1.23. The Morgan fingerprint density at radius 3 is 2.50 bits per heavy atom. The van der Waals surface area contributed by atoms with Crippen LogP contribution in [0.1, 0.15) is 11.6 Å². The van der Waals surface area contributed by atoms with Gasteiger partial charge in [0.2, 0.25) is 0 Å². The van der Waals surface area contributed by atoms with Crippen molar-refractivity contribution in [2.45, 2.75) is 6.04 Å². The second kappa shape index (κ2) is 6.97. The number of anilines is 1. The minimum atomic E-state index is -0.000387. The number of ether oxygens (including phenoxy) is 1. The van der Waals surface area contributed by atoms with Crippen LogP contribution in [0.25, 0.3) is 0 Å². The molecule has 3 nitrogen and oxygen atoms in total. The zero-order chi connectivity index (χ0) is 14.5. The molecule has 3 N–H and O–H groups in total. The van der Waals surface area contributed by atoms with Gasteiger partial charge in [0.15, 0.2) is 0 Å². The molecule has 0 saturated heterocycles. The lowest BCUT2D eigenvalue weighted by atomic mass is 10.1. The van der Waals surface area contributed by atoms with Crippen LogP contribution in [0.15, 0.2) is 46.9 Å². The summed E-state index contributed by atoms with van der Waals surface area (Å²) in [4.78, 5) is 0. The summed E-state index contributed by atoms with van der Waals surface area (Å²) in [6.07, 6.45) is 0. The van der Waals surface area contributed by atoms with Crippen LogP contribution in [-0.4, -0.2) is 13.7 Å². The smallest absolute Gasteiger partial charge is 0.137 e. The molecular weight excluding hydrogens is 340 g/mol. The Bertz CT molecular complexity index is 575. The first-order valence-corrected chi connectivity index (χ1v) is 7.36. The Balaban J connectivity index is 2.19. The average molecular weight is 356 g/mol. The van der Waals surface area contributed by atoms with E-state index in [4.69, 9.17) is 22.1 Å². The SMILES string of the molecule is COc1ccc(C(CN)Nc2ccc(Br)cc2)cc1Cl. The minimum Gasteiger partial charge on any atom is -0.495 e. The molecule has 5 heteroatoms. The highest BCUT2D eigenvalue weighted by atomic mass is 79.9. The maximum absolute atomic E-state index is 6.15. The largest absolute Gasteiger partial charge is 0.495 e. The van der Waals surface area contributed by atoms with E-state index in [2.05, 4.69) is 21.2 Å². The van der Waals surface area contributed by atoms with Crippen molar-refractivity contribution in [1.29, 1.82) is 0 Å². The summed E-state index contributed by atoms with van der Waals surface area (Å²) in [7, 11) is 1.60. The third-order valence-electron chi connectivity index (χ3n) is 3.00. The summed E-state index contributed by atoms with van der Waals surface area (Å²) in [5.41, 5.74) is 7.90. The van der Waals surface area contributed by atoms with E-state index < -0.39 is 0 Å². The van der Waals surface area contributed by atoms with Crippen molar-refractivity contribution in [3.05, 3.63) is 57.5 Å². The first-order valence-electron chi connectivity index (χ1n) is 6.19. The summed E-state index contributed by atoms with van der Waals surface area (Å²) in [6, 6.07) is 13.7. The van der Waals surface area contributed by atoms with Crippen molar-refractivity contribution < 1.29 is 4.74 Å². The van der Waals surface area contributed by atoms with Gasteiger partial charge in [0.1, 0.15) is 5.75 Å². The van der Waals surface area contributed by atoms with Crippen molar-refractivity contribution in [1.82, 2.24) is 0 Å². The van der Waals surface area contributed by atoms with Gasteiger partial charge in [-0.2, -0.15) is 0 Å². The highest BCUT2D eigenvalue weighted by Gasteiger charge is 2.11. The van der Waals surface area contributed by atoms with Crippen LogP contribution in [-0.2, 0) is 0 Å². The van der Waals surface area contributed by atoms with Crippen molar-refractivity contribution in [2.75, 3.05) is 19.0 Å². The molecule has 0 aliphatic rings. The minimum absolute atomic E-state index is 0.000387. The molecule has 20 heavy (non-hydrogen) atoms. The maximum atomic E-state index is 6.15. The highest BCUT2D eigenvalue weighted by molar-refractivity contribution is 9.10. The second-order valence-electron chi connectivity index (χ2n) is 4.33. The van der Waals surface area contributed by atoms with E-state index in [0.29, 0.717) is 17.3 Å². The fourth-order valence-corrected chi connectivity index (χ4v) is 2.46. The Morgan fingerprint density at radius 2 is 1.95 bits per heavy atom. The fourth-order valence-electron chi connectivity index (χ4n) is 1.93. The lowest BCUT2D eigenvalue weighted by Crippen LogP contribution is -2.20. The van der Waals surface area contributed by atoms with Crippen LogP contribution in [0.2, 0.25) is 5.02 Å². The molecule has 1 atom stereocenters. The van der Waals surface area contributed by atoms with Gasteiger partial charge in [0.05, 0.1) is 18.2 Å². The van der Waals surface area contributed by atoms with Gasteiger partial charge in [0, 0.05) is 16.7 Å². The van der Waals surface area contributed by atoms with Crippen LogP contribution >= 0.6 is 27.5 Å². The van der Waals surface area contributed by atoms with E-state index in [-0.39, 0.29) is 6.04 Å². The van der Waals surface area contributed by atoms with E-state index in [1.807, 2.05) is 42.5 Å². The van der Waals surface area contributed by atoms with Crippen LogP contribution in [0.4, 0.5) is 5.69 Å². The topological polar surface area (TPSA) is 47.3 Å². The van der Waals surface area contributed by atoms with Crippen molar-refractivity contribution >= 4 is 33.2 Å². The van der Waals surface area contributed by atoms with Crippen molar-refractivity contribution in [2.24, 2.45) is 5.73 Å². The highest BCUT2D eigenvalue weighted by Crippen LogP contribution is 2.29. The Labute approximate surface area is 132 Å². The van der Waals surface area contributed by atoms with Crippen LogP contribution in [0.3, 0.4) is 0 Å².